The number of carboxylic acid groups (broad SMARTS) is 2. The maximum atomic E-state index is 12.6. The van der Waals surface area contributed by atoms with Crippen LogP contribution in [0.25, 0.3) is 0 Å². The number of halogens is 1. The molecule has 0 atom stereocenters. The third-order valence-electron chi connectivity index (χ3n) is 3.37. The second kappa shape index (κ2) is 10.6. The number of aliphatic carboxylic acids is 2. The van der Waals surface area contributed by atoms with Crippen LogP contribution in [0.15, 0.2) is 24.3 Å². The van der Waals surface area contributed by atoms with Gasteiger partial charge in [0.1, 0.15) is 11.6 Å². The maximum Gasteiger partial charge on any atom is 0.414 e. The van der Waals surface area contributed by atoms with E-state index in [4.69, 9.17) is 24.5 Å². The molecule has 7 heteroatoms. The molecule has 0 aliphatic heterocycles. The Labute approximate surface area is 134 Å². The maximum absolute atomic E-state index is 12.6. The van der Waals surface area contributed by atoms with Crippen molar-refractivity contribution in [2.24, 2.45) is 0 Å². The molecule has 0 aromatic heterocycles. The molecule has 2 rings (SSSR count). The summed E-state index contributed by atoms with van der Waals surface area (Å²) >= 11 is 0. The van der Waals surface area contributed by atoms with E-state index in [1.54, 1.807) is 12.1 Å². The van der Waals surface area contributed by atoms with E-state index >= 15 is 0 Å². The molecule has 1 fully saturated rings. The Hall–Kier alpha value is -2.15. The van der Waals surface area contributed by atoms with Crippen molar-refractivity contribution >= 4 is 11.9 Å². The number of ether oxygens (including phenoxy) is 1. The van der Waals surface area contributed by atoms with E-state index in [0.717, 1.165) is 24.8 Å². The molecule has 0 bridgehead atoms. The molecule has 128 valence electrons. The smallest absolute Gasteiger partial charge is 0.414 e. The number of carboxylic acids is 2. The van der Waals surface area contributed by atoms with Crippen LogP contribution in [0.4, 0.5) is 4.39 Å². The summed E-state index contributed by atoms with van der Waals surface area (Å²) in [6.07, 6.45) is 6.36. The van der Waals surface area contributed by atoms with Crippen LogP contribution in [0, 0.1) is 5.82 Å². The van der Waals surface area contributed by atoms with Crippen molar-refractivity contribution < 1.29 is 28.9 Å². The fourth-order valence-corrected chi connectivity index (χ4v) is 2.23. The first-order valence-corrected chi connectivity index (χ1v) is 7.57. The lowest BCUT2D eigenvalue weighted by Crippen LogP contribution is -2.27. The Morgan fingerprint density at radius 1 is 1.13 bits per heavy atom. The van der Waals surface area contributed by atoms with Gasteiger partial charge in [-0.2, -0.15) is 0 Å². The molecule has 23 heavy (non-hydrogen) atoms. The molecule has 1 aromatic carbocycles. The molecule has 0 spiro atoms. The minimum absolute atomic E-state index is 0.222. The summed E-state index contributed by atoms with van der Waals surface area (Å²) in [5, 5.41) is 18.3. The Morgan fingerprint density at radius 2 is 1.70 bits per heavy atom. The SMILES string of the molecule is Fc1ccc(OCCCNC2CCCC2)cc1.O=C(O)C(=O)O. The number of benzene rings is 1. The molecule has 0 saturated heterocycles. The summed E-state index contributed by atoms with van der Waals surface area (Å²) in [5.41, 5.74) is 0. The fraction of sp³-hybridized carbons (Fsp3) is 0.500. The molecule has 3 N–H and O–H groups in total. The van der Waals surface area contributed by atoms with Crippen molar-refractivity contribution in [2.75, 3.05) is 13.2 Å². The van der Waals surface area contributed by atoms with E-state index in [0.29, 0.717) is 6.61 Å². The quantitative estimate of drug-likeness (QED) is 0.548. The molecule has 1 aliphatic rings. The largest absolute Gasteiger partial charge is 0.494 e. The molecule has 6 nitrogen and oxygen atoms in total. The van der Waals surface area contributed by atoms with E-state index < -0.39 is 11.9 Å². The summed E-state index contributed by atoms with van der Waals surface area (Å²) in [6.45, 7) is 1.69. The van der Waals surface area contributed by atoms with Crippen LogP contribution in [-0.2, 0) is 9.59 Å². The first-order valence-electron chi connectivity index (χ1n) is 7.57. The molecule has 1 aromatic rings. The summed E-state index contributed by atoms with van der Waals surface area (Å²) in [4.78, 5) is 18.2. The Kier molecular flexibility index (Phi) is 8.67. The minimum atomic E-state index is -1.82. The fourth-order valence-electron chi connectivity index (χ4n) is 2.23. The molecule has 0 unspecified atom stereocenters. The van der Waals surface area contributed by atoms with E-state index in [1.807, 2.05) is 0 Å². The second-order valence-electron chi connectivity index (χ2n) is 5.20. The highest BCUT2D eigenvalue weighted by molar-refractivity contribution is 6.27. The molecule has 1 saturated carbocycles. The molecule has 0 heterocycles. The highest BCUT2D eigenvalue weighted by Gasteiger charge is 2.13. The lowest BCUT2D eigenvalue weighted by atomic mass is 10.2. The van der Waals surface area contributed by atoms with Crippen molar-refractivity contribution in [3.63, 3.8) is 0 Å². The molecule has 0 radical (unpaired) electrons. The normalized spacial score (nSPS) is 14.0. The van der Waals surface area contributed by atoms with Gasteiger partial charge in [-0.25, -0.2) is 14.0 Å². The first kappa shape index (κ1) is 18.9. The van der Waals surface area contributed by atoms with Gasteiger partial charge in [0.25, 0.3) is 0 Å². The summed E-state index contributed by atoms with van der Waals surface area (Å²) < 4.78 is 18.2. The average Bonchev–Trinajstić information content (AvgIpc) is 3.02. The van der Waals surface area contributed by atoms with Gasteiger partial charge in [0.2, 0.25) is 0 Å². The van der Waals surface area contributed by atoms with Gasteiger partial charge in [0.15, 0.2) is 0 Å². The lowest BCUT2D eigenvalue weighted by molar-refractivity contribution is -0.159. The highest BCUT2D eigenvalue weighted by atomic mass is 19.1. The van der Waals surface area contributed by atoms with Crippen LogP contribution in [0.2, 0.25) is 0 Å². The van der Waals surface area contributed by atoms with Gasteiger partial charge in [-0.3, -0.25) is 0 Å². The number of nitrogens with one attached hydrogen (secondary N) is 1. The van der Waals surface area contributed by atoms with Crippen LogP contribution < -0.4 is 10.1 Å². The molecule has 0 amide bonds. The number of hydrogen-bond acceptors (Lipinski definition) is 4. The van der Waals surface area contributed by atoms with Crippen LogP contribution in [0.5, 0.6) is 5.75 Å². The number of rotatable bonds is 6. The summed E-state index contributed by atoms with van der Waals surface area (Å²) in [7, 11) is 0. The zero-order valence-corrected chi connectivity index (χ0v) is 12.8. The zero-order valence-electron chi connectivity index (χ0n) is 12.8. The average molecular weight is 327 g/mol. The van der Waals surface area contributed by atoms with Crippen molar-refractivity contribution in [1.29, 1.82) is 0 Å². The van der Waals surface area contributed by atoms with Gasteiger partial charge < -0.3 is 20.3 Å². The molecular weight excluding hydrogens is 305 g/mol. The van der Waals surface area contributed by atoms with E-state index in [-0.39, 0.29) is 5.82 Å². The van der Waals surface area contributed by atoms with Gasteiger partial charge in [0, 0.05) is 6.04 Å². The topological polar surface area (TPSA) is 95.9 Å². The van der Waals surface area contributed by atoms with E-state index in [2.05, 4.69) is 5.32 Å². The van der Waals surface area contributed by atoms with Crippen LogP contribution >= 0.6 is 0 Å². The van der Waals surface area contributed by atoms with Crippen molar-refractivity contribution in [3.8, 4) is 5.75 Å². The molecule has 1 aliphatic carbocycles. The molecular formula is C16H22FNO5. The third kappa shape index (κ3) is 8.77. The van der Waals surface area contributed by atoms with Gasteiger partial charge in [-0.05, 0) is 50.1 Å². The Balaban J connectivity index is 0.000000379. The van der Waals surface area contributed by atoms with Crippen molar-refractivity contribution in [1.82, 2.24) is 5.32 Å². The predicted molar refractivity (Wildman–Crippen MR) is 82.0 cm³/mol. The third-order valence-corrected chi connectivity index (χ3v) is 3.37. The zero-order chi connectivity index (χ0) is 17.1. The lowest BCUT2D eigenvalue weighted by Gasteiger charge is -2.11. The van der Waals surface area contributed by atoms with Gasteiger partial charge >= 0.3 is 11.9 Å². The highest BCUT2D eigenvalue weighted by Crippen LogP contribution is 2.17. The minimum Gasteiger partial charge on any atom is -0.494 e. The van der Waals surface area contributed by atoms with Gasteiger partial charge in [0.05, 0.1) is 6.61 Å². The van der Waals surface area contributed by atoms with Gasteiger partial charge in [-0.15, -0.1) is 0 Å². The van der Waals surface area contributed by atoms with Crippen LogP contribution in [0.3, 0.4) is 0 Å². The van der Waals surface area contributed by atoms with E-state index in [1.165, 1.54) is 37.8 Å². The van der Waals surface area contributed by atoms with Crippen LogP contribution in [-0.4, -0.2) is 41.3 Å². The summed E-state index contributed by atoms with van der Waals surface area (Å²) in [6, 6.07) is 6.90. The summed E-state index contributed by atoms with van der Waals surface area (Å²) in [5.74, 6) is -3.13. The predicted octanol–water partition coefficient (Wildman–Crippen LogP) is 2.28. The Morgan fingerprint density at radius 3 is 2.22 bits per heavy atom. The van der Waals surface area contributed by atoms with E-state index in [9.17, 15) is 4.39 Å². The van der Waals surface area contributed by atoms with Crippen molar-refractivity contribution in [3.05, 3.63) is 30.1 Å². The number of hydrogen-bond donors (Lipinski definition) is 3. The monoisotopic (exact) mass is 327 g/mol. The first-order chi connectivity index (χ1) is 11.0. The Bertz CT molecular complexity index is 474. The van der Waals surface area contributed by atoms with Crippen molar-refractivity contribution in [2.45, 2.75) is 38.1 Å². The number of carbonyl (C=O) groups is 2. The standard InChI is InChI=1S/C14H20FNO.C2H2O4/c15-12-6-8-14(9-7-12)17-11-3-10-16-13-4-1-2-5-13;3-1(4)2(5)6/h6-9,13,16H,1-5,10-11H2;(H,3,4)(H,5,6). The second-order valence-corrected chi connectivity index (χ2v) is 5.20. The van der Waals surface area contributed by atoms with Crippen LogP contribution in [0.1, 0.15) is 32.1 Å². The van der Waals surface area contributed by atoms with Gasteiger partial charge in [-0.1, -0.05) is 12.8 Å².